The van der Waals surface area contributed by atoms with E-state index >= 15 is 4.39 Å². The third kappa shape index (κ3) is 4.43. The normalized spacial score (nSPS) is 15.8. The van der Waals surface area contributed by atoms with E-state index in [1.807, 2.05) is 0 Å². The van der Waals surface area contributed by atoms with Crippen molar-refractivity contribution in [1.82, 2.24) is 14.2 Å². The van der Waals surface area contributed by atoms with Crippen molar-refractivity contribution < 1.29 is 17.8 Å². The number of pyridine rings is 1. The van der Waals surface area contributed by atoms with Crippen LogP contribution in [0.3, 0.4) is 0 Å². The van der Waals surface area contributed by atoms with E-state index in [1.54, 1.807) is 35.4 Å². The maximum absolute atomic E-state index is 15.5. The highest BCUT2D eigenvalue weighted by atomic mass is 32.2. The first-order chi connectivity index (χ1) is 16.1. The van der Waals surface area contributed by atoms with Gasteiger partial charge in [-0.2, -0.15) is 5.26 Å². The number of nitriles is 1. The summed E-state index contributed by atoms with van der Waals surface area (Å²) in [5.41, 5.74) is 0.582. The van der Waals surface area contributed by atoms with Gasteiger partial charge in [-0.3, -0.25) is 9.78 Å². The van der Waals surface area contributed by atoms with Crippen LogP contribution in [0.4, 0.5) is 8.78 Å². The van der Waals surface area contributed by atoms with Gasteiger partial charge < -0.3 is 4.90 Å². The fourth-order valence-corrected chi connectivity index (χ4v) is 4.78. The largest absolute Gasteiger partial charge is 0.336 e. The van der Waals surface area contributed by atoms with Gasteiger partial charge in [-0.1, -0.05) is 12.1 Å². The Balaban J connectivity index is 1.85. The molecule has 1 aliphatic heterocycles. The number of nitrogens with zero attached hydrogens (tertiary/aromatic N) is 4. The van der Waals surface area contributed by atoms with Crippen molar-refractivity contribution in [3.63, 3.8) is 0 Å². The van der Waals surface area contributed by atoms with Crippen molar-refractivity contribution in [2.24, 2.45) is 0 Å². The molecule has 0 aliphatic carbocycles. The fourth-order valence-electron chi connectivity index (χ4n) is 4.11. The van der Waals surface area contributed by atoms with E-state index in [4.69, 9.17) is 0 Å². The van der Waals surface area contributed by atoms with Crippen LogP contribution in [0.25, 0.3) is 22.0 Å². The van der Waals surface area contributed by atoms with Gasteiger partial charge in [-0.25, -0.2) is 17.3 Å². The van der Waals surface area contributed by atoms with E-state index in [2.05, 4.69) is 11.1 Å². The third-order valence-electron chi connectivity index (χ3n) is 6.19. The Kier molecular flexibility index (Phi) is 6.47. The minimum atomic E-state index is -1.12. The van der Waals surface area contributed by atoms with Crippen molar-refractivity contribution >= 4 is 27.8 Å². The minimum absolute atomic E-state index is 0.132. The number of amides is 1. The number of hydrogen-bond donors (Lipinski definition) is 0. The van der Waals surface area contributed by atoms with Gasteiger partial charge >= 0.3 is 0 Å². The Morgan fingerprint density at radius 1 is 1.12 bits per heavy atom. The maximum atomic E-state index is 15.5. The molecule has 1 atom stereocenters. The third-order valence-corrected chi connectivity index (χ3v) is 7.28. The van der Waals surface area contributed by atoms with Crippen molar-refractivity contribution in [1.29, 1.82) is 5.26 Å². The van der Waals surface area contributed by atoms with Gasteiger partial charge in [0.2, 0.25) is 0 Å². The number of hydrogen-bond acceptors (Lipinski definition) is 4. The molecule has 3 aromatic rings. The van der Waals surface area contributed by atoms with Crippen LogP contribution in [0.1, 0.15) is 29.8 Å². The molecule has 2 aromatic carbocycles. The fraction of sp³-hybridized carbons (Fsp3) is 0.320. The highest BCUT2D eigenvalue weighted by molar-refractivity contribution is 7.81. The van der Waals surface area contributed by atoms with E-state index in [-0.39, 0.29) is 22.6 Å². The standard InChI is InChI=1S/C25H24F2N4O2S/c1-25(2,15-28)16-4-6-18(21(27)12-16)23-19-13-17(26)5-7-22(19)29-14-20(23)24(32)30-8-10-31(11-9-30)34(3)33/h4-7,12-14H,8-11H2,1-3H3. The van der Waals surface area contributed by atoms with E-state index < -0.39 is 28.0 Å². The van der Waals surface area contributed by atoms with Crippen LogP contribution in [0, 0.1) is 23.0 Å². The van der Waals surface area contributed by atoms with Gasteiger partial charge in [0.05, 0.1) is 33.5 Å². The van der Waals surface area contributed by atoms with Gasteiger partial charge in [0.15, 0.2) is 0 Å². The summed E-state index contributed by atoms with van der Waals surface area (Å²) in [6, 6.07) is 10.6. The first kappa shape index (κ1) is 23.9. The Labute approximate surface area is 199 Å². The van der Waals surface area contributed by atoms with E-state index in [9.17, 15) is 18.7 Å². The van der Waals surface area contributed by atoms with Crippen molar-refractivity contribution in [3.8, 4) is 17.2 Å². The van der Waals surface area contributed by atoms with Crippen molar-refractivity contribution in [2.45, 2.75) is 19.3 Å². The highest BCUT2D eigenvalue weighted by Gasteiger charge is 2.28. The number of fused-ring (bicyclic) bond motifs is 1. The molecule has 1 fully saturated rings. The molecule has 1 saturated heterocycles. The molecule has 4 rings (SSSR count). The van der Waals surface area contributed by atoms with Gasteiger partial charge in [0, 0.05) is 55.1 Å². The molecule has 1 aliphatic rings. The van der Waals surface area contributed by atoms with Gasteiger partial charge in [-0.05, 0) is 43.7 Å². The molecule has 176 valence electrons. The van der Waals surface area contributed by atoms with Crippen LogP contribution < -0.4 is 0 Å². The van der Waals surface area contributed by atoms with E-state index in [0.29, 0.717) is 42.6 Å². The maximum Gasteiger partial charge on any atom is 0.256 e. The van der Waals surface area contributed by atoms with Crippen molar-refractivity contribution in [3.05, 3.63) is 65.4 Å². The lowest BCUT2D eigenvalue weighted by Crippen LogP contribution is -2.49. The molecule has 34 heavy (non-hydrogen) atoms. The monoisotopic (exact) mass is 482 g/mol. The van der Waals surface area contributed by atoms with Crippen molar-refractivity contribution in [2.75, 3.05) is 32.4 Å². The number of piperazine rings is 1. The van der Waals surface area contributed by atoms with Gasteiger partial charge in [0.1, 0.15) is 11.6 Å². The summed E-state index contributed by atoms with van der Waals surface area (Å²) in [7, 11) is -1.12. The SMILES string of the molecule is CS(=O)N1CCN(C(=O)c2cnc3ccc(F)cc3c2-c2ccc(C(C)(C)C#N)cc2F)CC1. The molecule has 0 saturated carbocycles. The van der Waals surface area contributed by atoms with Crippen LogP contribution in [0.2, 0.25) is 0 Å². The number of rotatable bonds is 4. The predicted octanol–water partition coefficient (Wildman–Crippen LogP) is 4.03. The summed E-state index contributed by atoms with van der Waals surface area (Å²) < 4.78 is 43.2. The second-order valence-electron chi connectivity index (χ2n) is 8.78. The second-order valence-corrected chi connectivity index (χ2v) is 10.1. The first-order valence-electron chi connectivity index (χ1n) is 10.8. The molecule has 1 aromatic heterocycles. The molecule has 0 spiro atoms. The quantitative estimate of drug-likeness (QED) is 0.563. The van der Waals surface area contributed by atoms with E-state index in [0.717, 1.165) is 0 Å². The molecule has 9 heteroatoms. The summed E-state index contributed by atoms with van der Waals surface area (Å²) in [6.45, 7) is 5.00. The molecule has 0 radical (unpaired) electrons. The molecular weight excluding hydrogens is 458 g/mol. The number of halogens is 2. The lowest BCUT2D eigenvalue weighted by Gasteiger charge is -2.33. The van der Waals surface area contributed by atoms with Crippen LogP contribution in [0.15, 0.2) is 42.6 Å². The van der Waals surface area contributed by atoms with Gasteiger partial charge in [-0.15, -0.1) is 0 Å². The molecule has 0 N–H and O–H groups in total. The average molecular weight is 483 g/mol. The topological polar surface area (TPSA) is 77.3 Å². The van der Waals surface area contributed by atoms with Crippen LogP contribution >= 0.6 is 0 Å². The molecule has 2 heterocycles. The smallest absolute Gasteiger partial charge is 0.256 e. The Bertz CT molecular complexity index is 1340. The summed E-state index contributed by atoms with van der Waals surface area (Å²) in [4.78, 5) is 19.5. The summed E-state index contributed by atoms with van der Waals surface area (Å²) >= 11 is 0. The molecule has 0 bridgehead atoms. The summed E-state index contributed by atoms with van der Waals surface area (Å²) in [5, 5.41) is 9.74. The summed E-state index contributed by atoms with van der Waals surface area (Å²) in [5.74, 6) is -1.49. The Morgan fingerprint density at radius 2 is 1.82 bits per heavy atom. The number of benzene rings is 2. The summed E-state index contributed by atoms with van der Waals surface area (Å²) in [6.07, 6.45) is 2.99. The Morgan fingerprint density at radius 3 is 2.44 bits per heavy atom. The lowest BCUT2D eigenvalue weighted by molar-refractivity contribution is 0.0701. The minimum Gasteiger partial charge on any atom is -0.336 e. The van der Waals surface area contributed by atoms with Crippen LogP contribution in [0.5, 0.6) is 0 Å². The van der Waals surface area contributed by atoms with Crippen LogP contribution in [-0.4, -0.2) is 56.7 Å². The number of carbonyl (C=O) groups excluding carboxylic acids is 1. The average Bonchev–Trinajstić information content (AvgIpc) is 2.83. The highest BCUT2D eigenvalue weighted by Crippen LogP contribution is 2.36. The van der Waals surface area contributed by atoms with Gasteiger partial charge in [0.25, 0.3) is 5.91 Å². The number of carbonyl (C=O) groups is 1. The van der Waals surface area contributed by atoms with Crippen LogP contribution in [-0.2, 0) is 16.4 Å². The predicted molar refractivity (Wildman–Crippen MR) is 127 cm³/mol. The Hall–Kier alpha value is -3.22. The zero-order chi connectivity index (χ0) is 24.6. The zero-order valence-electron chi connectivity index (χ0n) is 19.1. The lowest BCUT2D eigenvalue weighted by atomic mass is 9.84. The second kappa shape index (κ2) is 9.20. The zero-order valence-corrected chi connectivity index (χ0v) is 20.0. The molecular formula is C25H24F2N4O2S. The molecule has 1 amide bonds. The number of aromatic nitrogens is 1. The molecule has 1 unspecified atom stereocenters. The molecule has 6 nitrogen and oxygen atoms in total. The first-order valence-corrected chi connectivity index (χ1v) is 12.3. The van der Waals surface area contributed by atoms with E-state index in [1.165, 1.54) is 36.5 Å².